The summed E-state index contributed by atoms with van der Waals surface area (Å²) in [6, 6.07) is 0. The molecule has 0 spiro atoms. The van der Waals surface area contributed by atoms with Crippen molar-refractivity contribution in [1.82, 2.24) is 15.1 Å². The van der Waals surface area contributed by atoms with E-state index in [9.17, 15) is 0 Å². The van der Waals surface area contributed by atoms with Crippen LogP contribution < -0.4 is 5.32 Å². The lowest BCUT2D eigenvalue weighted by atomic mass is 10.2. The number of rotatable bonds is 6. The smallest absolute Gasteiger partial charge is 0.131 e. The number of nitrogens with zero attached hydrogens (tertiary/aromatic N) is 2. The van der Waals surface area contributed by atoms with E-state index in [-0.39, 0.29) is 5.38 Å². The van der Waals surface area contributed by atoms with Gasteiger partial charge in [-0.05, 0) is 13.3 Å². The van der Waals surface area contributed by atoms with E-state index >= 15 is 0 Å². The third-order valence-electron chi connectivity index (χ3n) is 2.54. The fourth-order valence-corrected chi connectivity index (χ4v) is 2.21. The summed E-state index contributed by atoms with van der Waals surface area (Å²) in [7, 11) is 1.85. The van der Waals surface area contributed by atoms with E-state index in [1.165, 1.54) is 0 Å². The summed E-state index contributed by atoms with van der Waals surface area (Å²) in [5.41, 5.74) is 2.03. The maximum atomic E-state index is 6.12. The van der Waals surface area contributed by atoms with Crippen molar-refractivity contribution in [2.24, 2.45) is 7.05 Å². The van der Waals surface area contributed by atoms with E-state index < -0.39 is 0 Å². The molecule has 5 heteroatoms. The molecular weight excluding hydrogens is 245 g/mol. The molecule has 0 fully saturated rings. The van der Waals surface area contributed by atoms with Crippen LogP contribution in [-0.2, 0) is 13.6 Å². The van der Waals surface area contributed by atoms with Gasteiger partial charge >= 0.3 is 0 Å². The highest BCUT2D eigenvalue weighted by Crippen LogP contribution is 2.18. The Hall–Kier alpha value is -0.250. The molecule has 1 heterocycles. The highest BCUT2D eigenvalue weighted by atomic mass is 35.5. The van der Waals surface area contributed by atoms with Crippen LogP contribution in [0.3, 0.4) is 0 Å². The van der Waals surface area contributed by atoms with Gasteiger partial charge in [-0.2, -0.15) is 5.10 Å². The number of alkyl halides is 1. The molecule has 0 bridgehead atoms. The number of aryl methyl sites for hydroxylation is 2. The van der Waals surface area contributed by atoms with E-state index in [0.717, 1.165) is 37.2 Å². The van der Waals surface area contributed by atoms with Gasteiger partial charge < -0.3 is 5.32 Å². The van der Waals surface area contributed by atoms with E-state index in [4.69, 9.17) is 23.2 Å². The monoisotopic (exact) mass is 263 g/mol. The van der Waals surface area contributed by atoms with Crippen molar-refractivity contribution in [1.29, 1.82) is 0 Å². The molecule has 3 nitrogen and oxygen atoms in total. The minimum Gasteiger partial charge on any atom is -0.311 e. The topological polar surface area (TPSA) is 29.9 Å². The molecule has 1 unspecified atom stereocenters. The van der Waals surface area contributed by atoms with Gasteiger partial charge in [0.05, 0.1) is 5.69 Å². The average molecular weight is 264 g/mol. The van der Waals surface area contributed by atoms with Crippen LogP contribution in [0.15, 0.2) is 0 Å². The second kappa shape index (κ2) is 6.48. The fourth-order valence-electron chi connectivity index (χ4n) is 1.64. The van der Waals surface area contributed by atoms with Gasteiger partial charge in [-0.1, -0.05) is 24.9 Å². The molecule has 0 aromatic carbocycles. The van der Waals surface area contributed by atoms with Gasteiger partial charge in [0.25, 0.3) is 0 Å². The molecule has 0 amide bonds. The zero-order valence-electron chi connectivity index (χ0n) is 10.1. The number of hydrogen-bond acceptors (Lipinski definition) is 2. The van der Waals surface area contributed by atoms with Gasteiger partial charge in [0, 0.05) is 31.1 Å². The van der Waals surface area contributed by atoms with Crippen LogP contribution in [-0.4, -0.2) is 21.7 Å². The van der Waals surface area contributed by atoms with Crippen molar-refractivity contribution in [2.45, 2.75) is 38.6 Å². The van der Waals surface area contributed by atoms with Crippen molar-refractivity contribution >= 4 is 23.2 Å². The Labute approximate surface area is 107 Å². The van der Waals surface area contributed by atoms with Gasteiger partial charge in [0.1, 0.15) is 5.15 Å². The highest BCUT2D eigenvalue weighted by molar-refractivity contribution is 6.30. The molecule has 16 heavy (non-hydrogen) atoms. The normalized spacial score (nSPS) is 13.1. The molecular formula is C11H19Cl2N3. The second-order valence-electron chi connectivity index (χ2n) is 4.00. The minimum absolute atomic E-state index is 0.195. The molecule has 1 aromatic rings. The van der Waals surface area contributed by atoms with Crippen LogP contribution in [0.4, 0.5) is 0 Å². The number of halogens is 2. The van der Waals surface area contributed by atoms with Crippen LogP contribution in [0.25, 0.3) is 0 Å². The van der Waals surface area contributed by atoms with Crippen molar-refractivity contribution in [3.05, 3.63) is 16.4 Å². The quantitative estimate of drug-likeness (QED) is 0.801. The van der Waals surface area contributed by atoms with Crippen molar-refractivity contribution < 1.29 is 0 Å². The molecule has 0 aliphatic heterocycles. The lowest BCUT2D eigenvalue weighted by Crippen LogP contribution is -2.23. The first-order chi connectivity index (χ1) is 7.56. The van der Waals surface area contributed by atoms with Crippen molar-refractivity contribution in [3.8, 4) is 0 Å². The molecule has 1 rings (SSSR count). The number of nitrogens with one attached hydrogen (secondary N) is 1. The largest absolute Gasteiger partial charge is 0.311 e. The second-order valence-corrected chi connectivity index (χ2v) is 4.97. The Morgan fingerprint density at radius 3 is 2.69 bits per heavy atom. The van der Waals surface area contributed by atoms with Gasteiger partial charge in [0.15, 0.2) is 0 Å². The Kier molecular flexibility index (Phi) is 5.59. The lowest BCUT2D eigenvalue weighted by Gasteiger charge is -2.09. The molecule has 0 radical (unpaired) electrons. The standard InChI is InChI=1S/C11H19Cl2N3/c1-4-5-9(12)6-14-7-10-8(2)15-16(3)11(10)13/h9,14H,4-7H2,1-3H3. The van der Waals surface area contributed by atoms with Crippen LogP contribution in [0.5, 0.6) is 0 Å². The minimum atomic E-state index is 0.195. The van der Waals surface area contributed by atoms with Gasteiger partial charge in [0.2, 0.25) is 0 Å². The summed E-state index contributed by atoms with van der Waals surface area (Å²) in [5.74, 6) is 0. The number of aromatic nitrogens is 2. The maximum Gasteiger partial charge on any atom is 0.131 e. The summed E-state index contributed by atoms with van der Waals surface area (Å²) in [5, 5.41) is 8.46. The Morgan fingerprint density at radius 1 is 1.50 bits per heavy atom. The van der Waals surface area contributed by atoms with Crippen LogP contribution in [0, 0.1) is 6.92 Å². The summed E-state index contributed by atoms with van der Waals surface area (Å²) in [6.07, 6.45) is 2.15. The highest BCUT2D eigenvalue weighted by Gasteiger charge is 2.11. The molecule has 1 N–H and O–H groups in total. The predicted molar refractivity (Wildman–Crippen MR) is 69.2 cm³/mol. The lowest BCUT2D eigenvalue weighted by molar-refractivity contribution is 0.622. The SMILES string of the molecule is CCCC(Cl)CNCc1c(C)nn(C)c1Cl. The first kappa shape index (κ1) is 13.8. The molecule has 92 valence electrons. The number of hydrogen-bond donors (Lipinski definition) is 1. The predicted octanol–water partition coefficient (Wildman–Crippen LogP) is 2.88. The Bertz CT molecular complexity index is 336. The Morgan fingerprint density at radius 2 is 2.19 bits per heavy atom. The molecule has 1 aromatic heterocycles. The van der Waals surface area contributed by atoms with Gasteiger partial charge in [-0.3, -0.25) is 4.68 Å². The molecule has 0 saturated heterocycles. The summed E-state index contributed by atoms with van der Waals surface area (Å²) in [6.45, 7) is 5.64. The third kappa shape index (κ3) is 3.65. The molecule has 1 atom stereocenters. The molecule has 0 aliphatic rings. The van der Waals surface area contributed by atoms with E-state index in [0.29, 0.717) is 5.15 Å². The van der Waals surface area contributed by atoms with Gasteiger partial charge in [-0.25, -0.2) is 0 Å². The Balaban J connectivity index is 2.43. The first-order valence-corrected chi connectivity index (χ1v) is 6.40. The average Bonchev–Trinajstić information content (AvgIpc) is 2.45. The van der Waals surface area contributed by atoms with E-state index in [1.54, 1.807) is 4.68 Å². The summed E-state index contributed by atoms with van der Waals surface area (Å²) >= 11 is 12.2. The zero-order chi connectivity index (χ0) is 12.1. The zero-order valence-corrected chi connectivity index (χ0v) is 11.6. The third-order valence-corrected chi connectivity index (χ3v) is 3.38. The fraction of sp³-hybridized carbons (Fsp3) is 0.727. The summed E-state index contributed by atoms with van der Waals surface area (Å²) in [4.78, 5) is 0. The van der Waals surface area contributed by atoms with Crippen LogP contribution >= 0.6 is 23.2 Å². The molecule has 0 aliphatic carbocycles. The van der Waals surface area contributed by atoms with E-state index in [2.05, 4.69) is 17.3 Å². The summed E-state index contributed by atoms with van der Waals surface area (Å²) < 4.78 is 1.69. The maximum absolute atomic E-state index is 6.12. The van der Waals surface area contributed by atoms with Crippen LogP contribution in [0.1, 0.15) is 31.0 Å². The van der Waals surface area contributed by atoms with Crippen molar-refractivity contribution in [2.75, 3.05) is 6.54 Å². The van der Waals surface area contributed by atoms with Gasteiger partial charge in [-0.15, -0.1) is 11.6 Å². The van der Waals surface area contributed by atoms with Crippen molar-refractivity contribution in [3.63, 3.8) is 0 Å². The first-order valence-electron chi connectivity index (χ1n) is 5.59. The van der Waals surface area contributed by atoms with Crippen LogP contribution in [0.2, 0.25) is 5.15 Å². The van der Waals surface area contributed by atoms with E-state index in [1.807, 2.05) is 14.0 Å². The molecule has 0 saturated carbocycles.